The summed E-state index contributed by atoms with van der Waals surface area (Å²) in [4.78, 5) is 69.7. The lowest BCUT2D eigenvalue weighted by Gasteiger charge is -2.42. The summed E-state index contributed by atoms with van der Waals surface area (Å²) in [5, 5.41) is 12.0. The molecule has 0 saturated carbocycles. The minimum absolute atomic E-state index is 0.0981. The van der Waals surface area contributed by atoms with Gasteiger partial charge in [0.2, 0.25) is 11.8 Å². The lowest BCUT2D eigenvalue weighted by atomic mass is 9.59. The average Bonchev–Trinajstić information content (AvgIpc) is 3.36. The number of allylic oxidation sites excluding steroid dienone is 6. The van der Waals surface area contributed by atoms with Crippen LogP contribution in [0.15, 0.2) is 124 Å². The van der Waals surface area contributed by atoms with E-state index in [9.17, 15) is 29.1 Å². The highest BCUT2D eigenvalue weighted by atomic mass is 79.9. The fourth-order valence-electron chi connectivity index (χ4n) is 7.89. The number of hydrogen-bond acceptors (Lipinski definition) is 6. The van der Waals surface area contributed by atoms with Crippen LogP contribution < -0.4 is 4.90 Å². The molecule has 1 aliphatic heterocycles. The maximum Gasteiger partial charge on any atom is 0.238 e. The van der Waals surface area contributed by atoms with Gasteiger partial charge in [0.1, 0.15) is 5.75 Å². The van der Waals surface area contributed by atoms with Crippen LogP contribution in [0.25, 0.3) is 10.8 Å². The molecule has 8 heteroatoms. The Morgan fingerprint density at radius 3 is 2.19 bits per heavy atom. The number of benzene rings is 4. The fourth-order valence-corrected chi connectivity index (χ4v) is 8.34. The van der Waals surface area contributed by atoms with Gasteiger partial charge >= 0.3 is 0 Å². The molecule has 4 unspecified atom stereocenters. The van der Waals surface area contributed by atoms with Crippen molar-refractivity contribution in [2.24, 2.45) is 17.8 Å². The van der Waals surface area contributed by atoms with Gasteiger partial charge in [-0.05, 0) is 76.0 Å². The molecule has 1 fully saturated rings. The number of hydrogen-bond donors (Lipinski definition) is 1. The monoisotopic (exact) mass is 683 g/mol. The summed E-state index contributed by atoms with van der Waals surface area (Å²) in [5.41, 5.74) is 3.67. The minimum Gasteiger partial charge on any atom is -0.507 e. The van der Waals surface area contributed by atoms with Crippen LogP contribution >= 0.6 is 15.9 Å². The predicted octanol–water partition coefficient (Wildman–Crippen LogP) is 6.74. The number of ketones is 3. The first-order chi connectivity index (χ1) is 22.7. The van der Waals surface area contributed by atoms with Crippen molar-refractivity contribution in [2.45, 2.75) is 18.8 Å². The van der Waals surface area contributed by atoms with Crippen LogP contribution in [-0.4, -0.2) is 34.3 Å². The molecule has 0 spiro atoms. The minimum atomic E-state index is -0.736. The first-order valence-corrected chi connectivity index (χ1v) is 16.2. The van der Waals surface area contributed by atoms with Gasteiger partial charge in [-0.2, -0.15) is 0 Å². The molecular weight excluding hydrogens is 658 g/mol. The highest BCUT2D eigenvalue weighted by Crippen LogP contribution is 2.56. The lowest BCUT2D eigenvalue weighted by molar-refractivity contribution is -0.123. The number of imide groups is 1. The largest absolute Gasteiger partial charge is 0.507 e. The lowest BCUT2D eigenvalue weighted by Crippen LogP contribution is -2.39. The van der Waals surface area contributed by atoms with Gasteiger partial charge in [-0.3, -0.25) is 28.9 Å². The molecular formula is C39H26BrNO6. The number of amides is 2. The van der Waals surface area contributed by atoms with Gasteiger partial charge < -0.3 is 5.11 Å². The number of phenols is 1. The first-order valence-electron chi connectivity index (χ1n) is 15.4. The fraction of sp³-hybridized carbons (Fsp3) is 0.154. The van der Waals surface area contributed by atoms with Crippen LogP contribution in [0.4, 0.5) is 5.69 Å². The highest BCUT2D eigenvalue weighted by Gasteiger charge is 2.56. The maximum atomic E-state index is 14.3. The van der Waals surface area contributed by atoms with Crippen molar-refractivity contribution in [3.05, 3.63) is 141 Å². The van der Waals surface area contributed by atoms with E-state index < -0.39 is 23.7 Å². The normalized spacial score (nSPS) is 23.7. The van der Waals surface area contributed by atoms with Crippen molar-refractivity contribution in [3.8, 4) is 5.75 Å². The zero-order valence-corrected chi connectivity index (χ0v) is 26.4. The quantitative estimate of drug-likeness (QED) is 0.110. The zero-order chi connectivity index (χ0) is 32.6. The number of aromatic hydroxyl groups is 1. The van der Waals surface area contributed by atoms with Gasteiger partial charge in [-0.1, -0.05) is 72.3 Å². The number of halogens is 1. The van der Waals surface area contributed by atoms with Gasteiger partial charge in [-0.25, -0.2) is 0 Å². The van der Waals surface area contributed by atoms with Crippen LogP contribution in [-0.2, 0) is 19.2 Å². The van der Waals surface area contributed by atoms with E-state index in [0.29, 0.717) is 39.8 Å². The molecule has 230 valence electrons. The van der Waals surface area contributed by atoms with Crippen LogP contribution in [0.2, 0.25) is 0 Å². The molecule has 2 amide bonds. The summed E-state index contributed by atoms with van der Waals surface area (Å²) in [7, 11) is 0. The summed E-state index contributed by atoms with van der Waals surface area (Å²) in [6.45, 7) is 0. The number of rotatable bonds is 4. The van der Waals surface area contributed by atoms with Crippen molar-refractivity contribution in [2.75, 3.05) is 4.90 Å². The Morgan fingerprint density at radius 1 is 0.766 bits per heavy atom. The first kappa shape index (κ1) is 29.2. The van der Waals surface area contributed by atoms with Gasteiger partial charge in [0, 0.05) is 39.7 Å². The standard InChI is InChI=1S/C39H26BrNO6/c40-30-19-32(43)35-29(37(30)45)18-28-26(33(35)25-16-17-31(42)24-9-5-4-8-23(24)25)14-15-27-34(28)39(47)41(38(27)46)22-12-10-21(11-13-22)36(44)20-6-2-1-3-7-20/h1-14,16-17,19,27-28,33-34,42H,15,18H2. The van der Waals surface area contributed by atoms with E-state index in [1.165, 1.54) is 11.0 Å². The van der Waals surface area contributed by atoms with E-state index in [2.05, 4.69) is 15.9 Å². The summed E-state index contributed by atoms with van der Waals surface area (Å²) in [5.74, 6) is -3.83. The SMILES string of the molecule is O=C1C=C(Br)C(=O)C2=C1C(c1ccc(O)c3ccccc13)C1=CCC3C(=O)N(c4ccc(C(=O)c5ccccc5)cc4)C(=O)C3C1C2. The summed E-state index contributed by atoms with van der Waals surface area (Å²) in [6.07, 6.45) is 3.74. The number of carbonyl (C=O) groups excluding carboxylic acids is 5. The Balaban J connectivity index is 1.20. The van der Waals surface area contributed by atoms with E-state index in [4.69, 9.17) is 0 Å². The second-order valence-electron chi connectivity index (χ2n) is 12.4. The van der Waals surface area contributed by atoms with Crippen LogP contribution in [0.3, 0.4) is 0 Å². The summed E-state index contributed by atoms with van der Waals surface area (Å²) in [6, 6.07) is 26.1. The Bertz CT molecular complexity index is 2180. The van der Waals surface area contributed by atoms with E-state index >= 15 is 0 Å². The van der Waals surface area contributed by atoms with Crippen molar-refractivity contribution >= 4 is 61.6 Å². The van der Waals surface area contributed by atoms with Crippen molar-refractivity contribution in [3.63, 3.8) is 0 Å². The number of carbonyl (C=O) groups is 5. The Labute approximate surface area is 278 Å². The van der Waals surface area contributed by atoms with Gasteiger partial charge in [0.05, 0.1) is 22.0 Å². The highest BCUT2D eigenvalue weighted by molar-refractivity contribution is 9.12. The molecule has 3 aliphatic carbocycles. The molecule has 47 heavy (non-hydrogen) atoms. The van der Waals surface area contributed by atoms with Gasteiger partial charge in [0.15, 0.2) is 17.3 Å². The van der Waals surface area contributed by atoms with Crippen molar-refractivity contribution in [1.29, 1.82) is 0 Å². The third-order valence-electron chi connectivity index (χ3n) is 10.0. The van der Waals surface area contributed by atoms with Gasteiger partial charge in [0.25, 0.3) is 0 Å². The second-order valence-corrected chi connectivity index (χ2v) is 13.2. The molecule has 1 heterocycles. The molecule has 0 aromatic heterocycles. The average molecular weight is 685 g/mol. The molecule has 1 saturated heterocycles. The maximum absolute atomic E-state index is 14.3. The van der Waals surface area contributed by atoms with E-state index in [1.807, 2.05) is 30.3 Å². The molecule has 0 bridgehead atoms. The number of anilines is 1. The summed E-state index contributed by atoms with van der Waals surface area (Å²) >= 11 is 3.27. The zero-order valence-electron chi connectivity index (χ0n) is 24.9. The molecule has 4 atom stereocenters. The Hall–Kier alpha value is -5.21. The molecule has 4 aliphatic rings. The summed E-state index contributed by atoms with van der Waals surface area (Å²) < 4.78 is 0.163. The Kier molecular flexibility index (Phi) is 6.81. The molecule has 4 aromatic carbocycles. The molecule has 0 radical (unpaired) electrons. The Morgan fingerprint density at radius 2 is 1.45 bits per heavy atom. The molecule has 4 aromatic rings. The number of nitrogens with zero attached hydrogens (tertiary/aromatic N) is 1. The van der Waals surface area contributed by atoms with E-state index in [1.54, 1.807) is 66.7 Å². The third kappa shape index (κ3) is 4.42. The topological polar surface area (TPSA) is 109 Å². The van der Waals surface area contributed by atoms with E-state index in [0.717, 1.165) is 16.5 Å². The van der Waals surface area contributed by atoms with Crippen LogP contribution in [0.1, 0.15) is 40.2 Å². The molecule has 1 N–H and O–H groups in total. The smallest absolute Gasteiger partial charge is 0.238 e. The third-order valence-corrected chi connectivity index (χ3v) is 10.6. The molecule has 8 rings (SSSR count). The van der Waals surface area contributed by atoms with E-state index in [-0.39, 0.29) is 45.8 Å². The predicted molar refractivity (Wildman–Crippen MR) is 179 cm³/mol. The van der Waals surface area contributed by atoms with Crippen molar-refractivity contribution < 1.29 is 29.1 Å². The van der Waals surface area contributed by atoms with Crippen molar-refractivity contribution in [1.82, 2.24) is 0 Å². The molecule has 7 nitrogen and oxygen atoms in total. The van der Waals surface area contributed by atoms with Crippen LogP contribution in [0, 0.1) is 17.8 Å². The number of fused-ring (bicyclic) bond motifs is 4. The number of phenolic OH excluding ortho intramolecular Hbond substituents is 1. The second kappa shape index (κ2) is 11.0. The van der Waals surface area contributed by atoms with Crippen LogP contribution in [0.5, 0.6) is 5.75 Å². The van der Waals surface area contributed by atoms with Gasteiger partial charge in [-0.15, -0.1) is 0 Å². The number of Topliss-reactive ketones (excluding diaryl/α,β-unsaturated/α-hetero) is 1.